The van der Waals surface area contributed by atoms with E-state index in [2.05, 4.69) is 50.4 Å². The molecular weight excluding hydrogens is 300 g/mol. The summed E-state index contributed by atoms with van der Waals surface area (Å²) >= 11 is 0. The zero-order chi connectivity index (χ0) is 16.7. The molecule has 6 nitrogen and oxygen atoms in total. The first-order chi connectivity index (χ1) is 11.7. The molecule has 0 radical (unpaired) electrons. The van der Waals surface area contributed by atoms with E-state index in [1.54, 1.807) is 0 Å². The second-order valence-electron chi connectivity index (χ2n) is 6.61. The van der Waals surface area contributed by atoms with E-state index in [-0.39, 0.29) is 0 Å². The Balaban J connectivity index is 1.88. The van der Waals surface area contributed by atoms with Gasteiger partial charge in [-0.3, -0.25) is 15.0 Å². The van der Waals surface area contributed by atoms with Crippen LogP contribution in [0.1, 0.15) is 16.7 Å². The summed E-state index contributed by atoms with van der Waals surface area (Å²) in [6.45, 7) is 11.6. The van der Waals surface area contributed by atoms with Crippen molar-refractivity contribution in [3.05, 3.63) is 16.7 Å². The topological polar surface area (TPSA) is 46.8 Å². The van der Waals surface area contributed by atoms with Crippen molar-refractivity contribution in [3.63, 3.8) is 0 Å². The van der Waals surface area contributed by atoms with Crippen molar-refractivity contribution in [1.29, 1.82) is 0 Å². The van der Waals surface area contributed by atoms with Gasteiger partial charge in [0.15, 0.2) is 0 Å². The number of nitrogens with zero attached hydrogens (tertiary/aromatic N) is 6. The quantitative estimate of drug-likeness (QED) is 0.856. The third-order valence-corrected chi connectivity index (χ3v) is 5.13. The Labute approximate surface area is 143 Å². The SMILES string of the molecule is Cc1c(N2CC=NC2)c(C)c(N2CC=NC2)c(C)c1N1CC=NC1. The van der Waals surface area contributed by atoms with Crippen LogP contribution in [0.3, 0.4) is 0 Å². The van der Waals surface area contributed by atoms with E-state index in [0.717, 1.165) is 39.6 Å². The van der Waals surface area contributed by atoms with Gasteiger partial charge in [-0.2, -0.15) is 0 Å². The molecule has 3 aliphatic rings. The lowest BCUT2D eigenvalue weighted by Gasteiger charge is -2.33. The van der Waals surface area contributed by atoms with E-state index in [4.69, 9.17) is 0 Å². The van der Waals surface area contributed by atoms with Gasteiger partial charge < -0.3 is 14.7 Å². The maximum atomic E-state index is 4.42. The summed E-state index contributed by atoms with van der Waals surface area (Å²) in [4.78, 5) is 20.4. The third-order valence-electron chi connectivity index (χ3n) is 5.13. The van der Waals surface area contributed by atoms with Gasteiger partial charge in [-0.1, -0.05) is 0 Å². The smallest absolute Gasteiger partial charge is 0.110 e. The van der Waals surface area contributed by atoms with Gasteiger partial charge in [0.2, 0.25) is 0 Å². The summed E-state index contributed by atoms with van der Waals surface area (Å²) in [7, 11) is 0. The maximum absolute atomic E-state index is 4.42. The molecule has 0 fully saturated rings. The van der Waals surface area contributed by atoms with Crippen LogP contribution >= 0.6 is 0 Å². The molecule has 0 atom stereocenters. The first-order valence-corrected chi connectivity index (χ1v) is 8.52. The zero-order valence-electron chi connectivity index (χ0n) is 14.7. The van der Waals surface area contributed by atoms with Gasteiger partial charge in [0.25, 0.3) is 0 Å². The van der Waals surface area contributed by atoms with E-state index >= 15 is 0 Å². The molecule has 0 spiro atoms. The predicted octanol–water partition coefficient (Wildman–Crippen LogP) is 2.16. The molecule has 0 unspecified atom stereocenters. The van der Waals surface area contributed by atoms with E-state index in [9.17, 15) is 0 Å². The Morgan fingerprint density at radius 1 is 0.583 bits per heavy atom. The van der Waals surface area contributed by atoms with Gasteiger partial charge >= 0.3 is 0 Å². The molecule has 4 rings (SSSR count). The molecule has 6 heteroatoms. The van der Waals surface area contributed by atoms with Crippen LogP contribution in [0.5, 0.6) is 0 Å². The summed E-state index contributed by atoms with van der Waals surface area (Å²) in [5, 5.41) is 0. The Kier molecular flexibility index (Phi) is 3.75. The van der Waals surface area contributed by atoms with Crippen molar-refractivity contribution in [2.75, 3.05) is 54.3 Å². The number of rotatable bonds is 3. The van der Waals surface area contributed by atoms with Crippen molar-refractivity contribution >= 4 is 35.7 Å². The van der Waals surface area contributed by atoms with Crippen molar-refractivity contribution in [2.24, 2.45) is 15.0 Å². The fraction of sp³-hybridized carbons (Fsp3) is 0.500. The zero-order valence-corrected chi connectivity index (χ0v) is 14.7. The highest BCUT2D eigenvalue weighted by molar-refractivity contribution is 5.88. The molecule has 0 aromatic heterocycles. The molecule has 24 heavy (non-hydrogen) atoms. The Morgan fingerprint density at radius 2 is 0.875 bits per heavy atom. The number of hydrogen-bond acceptors (Lipinski definition) is 6. The summed E-state index contributed by atoms with van der Waals surface area (Å²) in [5.74, 6) is 0. The van der Waals surface area contributed by atoms with Crippen molar-refractivity contribution < 1.29 is 0 Å². The Bertz CT molecular complexity index is 603. The predicted molar refractivity (Wildman–Crippen MR) is 103 cm³/mol. The molecular formula is C18H24N6. The van der Waals surface area contributed by atoms with Gasteiger partial charge in [-0.05, 0) is 37.5 Å². The van der Waals surface area contributed by atoms with Gasteiger partial charge in [0.1, 0.15) is 20.0 Å². The molecule has 1 aromatic carbocycles. The lowest BCUT2D eigenvalue weighted by Crippen LogP contribution is -2.29. The monoisotopic (exact) mass is 324 g/mol. The Hall–Kier alpha value is -2.37. The lowest BCUT2D eigenvalue weighted by molar-refractivity contribution is 0.896. The Morgan fingerprint density at radius 3 is 1.08 bits per heavy atom. The van der Waals surface area contributed by atoms with E-state index in [0.29, 0.717) is 0 Å². The average Bonchev–Trinajstić information content (AvgIpc) is 3.31. The molecule has 3 aliphatic heterocycles. The minimum absolute atomic E-state index is 0.747. The van der Waals surface area contributed by atoms with Crippen molar-refractivity contribution in [1.82, 2.24) is 0 Å². The van der Waals surface area contributed by atoms with Gasteiger partial charge in [-0.25, -0.2) is 0 Å². The van der Waals surface area contributed by atoms with E-state index < -0.39 is 0 Å². The molecule has 1 aromatic rings. The highest BCUT2D eigenvalue weighted by Crippen LogP contribution is 2.44. The third kappa shape index (κ3) is 2.28. The minimum Gasteiger partial charge on any atom is -0.346 e. The van der Waals surface area contributed by atoms with E-state index in [1.165, 1.54) is 33.8 Å². The van der Waals surface area contributed by atoms with Crippen LogP contribution in [0.15, 0.2) is 15.0 Å². The molecule has 0 bridgehead atoms. The molecule has 0 N–H and O–H groups in total. The maximum Gasteiger partial charge on any atom is 0.110 e. The van der Waals surface area contributed by atoms with Crippen LogP contribution in [0.2, 0.25) is 0 Å². The fourth-order valence-electron chi connectivity index (χ4n) is 4.20. The summed E-state index contributed by atoms with van der Waals surface area (Å²) < 4.78 is 0. The highest BCUT2D eigenvalue weighted by atomic mass is 15.3. The molecule has 0 amide bonds. The van der Waals surface area contributed by atoms with Crippen LogP contribution in [-0.2, 0) is 0 Å². The first kappa shape index (κ1) is 15.2. The van der Waals surface area contributed by atoms with Crippen LogP contribution in [0.25, 0.3) is 0 Å². The van der Waals surface area contributed by atoms with Gasteiger partial charge in [0, 0.05) is 35.7 Å². The summed E-state index contributed by atoms with van der Waals surface area (Å²) in [5.41, 5.74) is 7.98. The number of benzene rings is 1. The standard InChI is InChI=1S/C18H24N6/c1-13-16(22-7-4-19-10-22)14(2)18(24-9-6-21-12-24)15(3)17(13)23-8-5-20-11-23/h4-6H,7-12H2,1-3H3. The number of anilines is 3. The first-order valence-electron chi connectivity index (χ1n) is 8.52. The van der Waals surface area contributed by atoms with Gasteiger partial charge in [0.05, 0.1) is 19.6 Å². The molecule has 0 saturated carbocycles. The van der Waals surface area contributed by atoms with Crippen LogP contribution < -0.4 is 14.7 Å². The summed E-state index contributed by atoms with van der Waals surface area (Å²) in [6.07, 6.45) is 6.03. The van der Waals surface area contributed by atoms with Crippen LogP contribution in [0, 0.1) is 20.8 Å². The number of hydrogen-bond donors (Lipinski definition) is 0. The van der Waals surface area contributed by atoms with E-state index in [1.807, 2.05) is 18.6 Å². The molecule has 0 saturated heterocycles. The normalized spacial score (nSPS) is 19.4. The summed E-state index contributed by atoms with van der Waals surface area (Å²) in [6, 6.07) is 0. The highest BCUT2D eigenvalue weighted by Gasteiger charge is 2.27. The van der Waals surface area contributed by atoms with Crippen LogP contribution in [-0.4, -0.2) is 58.3 Å². The molecule has 126 valence electrons. The fourth-order valence-corrected chi connectivity index (χ4v) is 4.20. The lowest BCUT2D eigenvalue weighted by atomic mass is 9.96. The average molecular weight is 324 g/mol. The minimum atomic E-state index is 0.747. The number of aliphatic imine (C=N–C) groups is 3. The van der Waals surface area contributed by atoms with Crippen molar-refractivity contribution in [3.8, 4) is 0 Å². The second kappa shape index (κ2) is 5.92. The van der Waals surface area contributed by atoms with Crippen molar-refractivity contribution in [2.45, 2.75) is 20.8 Å². The second-order valence-corrected chi connectivity index (χ2v) is 6.61. The largest absolute Gasteiger partial charge is 0.346 e. The molecule has 0 aliphatic carbocycles. The van der Waals surface area contributed by atoms with Crippen LogP contribution in [0.4, 0.5) is 17.1 Å². The molecule has 3 heterocycles. The van der Waals surface area contributed by atoms with Gasteiger partial charge in [-0.15, -0.1) is 0 Å².